The van der Waals surface area contributed by atoms with Gasteiger partial charge in [-0.15, -0.1) is 0 Å². The van der Waals surface area contributed by atoms with Gasteiger partial charge in [-0.3, -0.25) is 14.4 Å². The van der Waals surface area contributed by atoms with E-state index in [1.54, 1.807) is 0 Å². The van der Waals surface area contributed by atoms with Gasteiger partial charge in [-0.2, -0.15) is 0 Å². The lowest BCUT2D eigenvalue weighted by atomic mass is 10.1. The van der Waals surface area contributed by atoms with Crippen LogP contribution in [-0.4, -0.2) is 37.2 Å². The van der Waals surface area contributed by atoms with E-state index in [4.69, 9.17) is 14.2 Å². The first-order chi connectivity index (χ1) is 40.0. The van der Waals surface area contributed by atoms with Crippen molar-refractivity contribution in [3.63, 3.8) is 0 Å². The number of carbonyl (C=O) groups is 3. The van der Waals surface area contributed by atoms with E-state index >= 15 is 0 Å². The molecule has 0 saturated heterocycles. The quantitative estimate of drug-likeness (QED) is 0.0261. The Bertz CT molecular complexity index is 2000. The van der Waals surface area contributed by atoms with Gasteiger partial charge in [-0.1, -0.05) is 272 Å². The Balaban J connectivity index is 4.62. The molecule has 0 aliphatic heterocycles. The predicted molar refractivity (Wildman–Crippen MR) is 352 cm³/mol. The first kappa shape index (κ1) is 75.0. The van der Waals surface area contributed by atoms with Gasteiger partial charge in [0.2, 0.25) is 0 Å². The van der Waals surface area contributed by atoms with E-state index in [9.17, 15) is 14.4 Å². The van der Waals surface area contributed by atoms with E-state index in [1.165, 1.54) is 38.5 Å². The summed E-state index contributed by atoms with van der Waals surface area (Å²) in [5.41, 5.74) is 0. The van der Waals surface area contributed by atoms with E-state index in [-0.39, 0.29) is 38.0 Å². The Morgan fingerprint density at radius 3 is 0.765 bits per heavy atom. The molecule has 0 rings (SSSR count). The minimum Gasteiger partial charge on any atom is -0.462 e. The maximum Gasteiger partial charge on any atom is 0.306 e. The molecule has 448 valence electrons. The zero-order valence-corrected chi connectivity index (χ0v) is 51.2. The van der Waals surface area contributed by atoms with Crippen LogP contribution in [0.15, 0.2) is 207 Å². The van der Waals surface area contributed by atoms with Crippen molar-refractivity contribution < 1.29 is 28.6 Å². The molecule has 0 heterocycles. The van der Waals surface area contributed by atoms with Crippen molar-refractivity contribution in [1.82, 2.24) is 0 Å². The normalized spacial score (nSPS) is 13.6. The third-order valence-corrected chi connectivity index (χ3v) is 12.3. The second-order valence-corrected chi connectivity index (χ2v) is 19.8. The van der Waals surface area contributed by atoms with E-state index < -0.39 is 12.1 Å². The third-order valence-electron chi connectivity index (χ3n) is 12.3. The lowest BCUT2D eigenvalue weighted by molar-refractivity contribution is -0.166. The van der Waals surface area contributed by atoms with Crippen molar-refractivity contribution >= 4 is 17.9 Å². The highest BCUT2D eigenvalue weighted by molar-refractivity contribution is 5.71. The molecular formula is C75H112O6. The molecule has 6 nitrogen and oxygen atoms in total. The zero-order chi connectivity index (χ0) is 58.5. The average Bonchev–Trinajstić information content (AvgIpc) is 3.47. The summed E-state index contributed by atoms with van der Waals surface area (Å²) < 4.78 is 16.8. The van der Waals surface area contributed by atoms with Crippen LogP contribution in [0.5, 0.6) is 0 Å². The van der Waals surface area contributed by atoms with E-state index in [1.807, 2.05) is 24.3 Å². The summed E-state index contributed by atoms with van der Waals surface area (Å²) in [6.07, 6.45) is 103. The number of ether oxygens (including phenoxy) is 3. The molecule has 0 fully saturated rings. The molecule has 1 atom stereocenters. The van der Waals surface area contributed by atoms with Gasteiger partial charge in [0, 0.05) is 19.3 Å². The van der Waals surface area contributed by atoms with Gasteiger partial charge < -0.3 is 14.2 Å². The van der Waals surface area contributed by atoms with Crippen molar-refractivity contribution in [1.29, 1.82) is 0 Å². The molecule has 1 unspecified atom stereocenters. The minimum absolute atomic E-state index is 0.147. The van der Waals surface area contributed by atoms with E-state index in [2.05, 4.69) is 203 Å². The smallest absolute Gasteiger partial charge is 0.306 e. The summed E-state index contributed by atoms with van der Waals surface area (Å²) in [6.45, 7) is 6.15. The van der Waals surface area contributed by atoms with Crippen molar-refractivity contribution in [3.8, 4) is 0 Å². The van der Waals surface area contributed by atoms with E-state index in [0.29, 0.717) is 19.3 Å². The molecule has 0 amide bonds. The van der Waals surface area contributed by atoms with Crippen LogP contribution in [-0.2, 0) is 28.6 Å². The zero-order valence-electron chi connectivity index (χ0n) is 51.2. The van der Waals surface area contributed by atoms with Gasteiger partial charge in [-0.25, -0.2) is 0 Å². The standard InChI is InChI=1S/C75H112O6/c1-4-7-10-13-16-19-22-25-28-31-34-35-36-37-38-39-42-44-47-50-53-56-59-62-65-68-74(77)80-71-72(81-75(78)69-66-63-60-57-54-51-48-45-41-33-30-27-24-21-18-15-12-9-6-3)70-79-73(76)67-64-61-58-55-52-49-46-43-40-32-29-26-23-20-17-14-11-8-5-2/h7-12,16-21,25-30,34-35,37-38,40-41,43,45,49,51-52,54,58,60-61,63,72H,4-6,13-15,22-24,31-33,36,39,42,44,46-48,50,53,55-57,59,62,64-71H2,1-3H3/b10-7-,11-8-,12-9-,19-16-,20-17-,21-18-,28-25-,29-26-,30-27-,35-34-,38-37-,43-40-,45-41-,52-49-,54-51-,61-58-,63-60-. The Morgan fingerprint density at radius 2 is 0.469 bits per heavy atom. The van der Waals surface area contributed by atoms with Crippen molar-refractivity contribution in [2.45, 2.75) is 232 Å². The van der Waals surface area contributed by atoms with Gasteiger partial charge in [0.15, 0.2) is 6.10 Å². The molecule has 0 radical (unpaired) electrons. The van der Waals surface area contributed by atoms with Gasteiger partial charge in [0.05, 0.1) is 0 Å². The van der Waals surface area contributed by atoms with Crippen LogP contribution >= 0.6 is 0 Å². The summed E-state index contributed by atoms with van der Waals surface area (Å²) in [5, 5.41) is 0. The topological polar surface area (TPSA) is 78.9 Å². The SMILES string of the molecule is CC/C=C\C/C=C\C/C=C\C/C=C\C/C=C\C/C=C\CCC(=O)OCC(COC(=O)CCCCCCCCCCC/C=C\C/C=C\C/C=C\C/C=C\C/C=C\CC)OC(=O)CC/C=C\C/C=C\C/C=C\C/C=C\C/C=C\C/C=C\CC. The van der Waals surface area contributed by atoms with Crippen LogP contribution in [0.1, 0.15) is 226 Å². The maximum absolute atomic E-state index is 12.9. The lowest BCUT2D eigenvalue weighted by Crippen LogP contribution is -2.30. The predicted octanol–water partition coefficient (Wildman–Crippen LogP) is 22.0. The summed E-state index contributed by atoms with van der Waals surface area (Å²) in [7, 11) is 0. The molecular weight excluding hydrogens is 997 g/mol. The fraction of sp³-hybridized carbons (Fsp3) is 0.507. The Hall–Kier alpha value is -6.01. The van der Waals surface area contributed by atoms with Crippen LogP contribution in [0.2, 0.25) is 0 Å². The minimum atomic E-state index is -0.867. The molecule has 6 heteroatoms. The summed E-state index contributed by atoms with van der Waals surface area (Å²) in [5.74, 6) is -1.14. The average molecular weight is 1110 g/mol. The molecule has 0 aliphatic rings. The van der Waals surface area contributed by atoms with Crippen molar-refractivity contribution in [3.05, 3.63) is 207 Å². The Morgan fingerprint density at radius 1 is 0.247 bits per heavy atom. The van der Waals surface area contributed by atoms with Gasteiger partial charge in [-0.05, 0) is 141 Å². The molecule has 0 aliphatic carbocycles. The second kappa shape index (κ2) is 66.5. The molecule has 0 saturated carbocycles. The fourth-order valence-electron chi connectivity index (χ4n) is 7.70. The monoisotopic (exact) mass is 1110 g/mol. The fourth-order valence-corrected chi connectivity index (χ4v) is 7.70. The number of allylic oxidation sites excluding steroid dienone is 34. The van der Waals surface area contributed by atoms with Crippen molar-refractivity contribution in [2.75, 3.05) is 13.2 Å². The molecule has 0 N–H and O–H groups in total. The number of carbonyl (C=O) groups excluding carboxylic acids is 3. The number of hydrogen-bond donors (Lipinski definition) is 0. The Kier molecular flexibility index (Phi) is 61.6. The van der Waals surface area contributed by atoms with Crippen LogP contribution in [0, 0.1) is 0 Å². The van der Waals surface area contributed by atoms with Gasteiger partial charge in [0.25, 0.3) is 0 Å². The molecule has 0 aromatic rings. The molecule has 0 aromatic carbocycles. The van der Waals surface area contributed by atoms with Crippen LogP contribution < -0.4 is 0 Å². The highest BCUT2D eigenvalue weighted by Gasteiger charge is 2.19. The number of unbranched alkanes of at least 4 members (excludes halogenated alkanes) is 9. The maximum atomic E-state index is 12.9. The van der Waals surface area contributed by atoms with Gasteiger partial charge >= 0.3 is 17.9 Å². The first-order valence-electron chi connectivity index (χ1n) is 31.6. The highest BCUT2D eigenvalue weighted by Crippen LogP contribution is 2.13. The third kappa shape index (κ3) is 64.7. The van der Waals surface area contributed by atoms with Crippen LogP contribution in [0.25, 0.3) is 0 Å². The highest BCUT2D eigenvalue weighted by atomic mass is 16.6. The summed E-state index contributed by atoms with van der Waals surface area (Å²) >= 11 is 0. The molecule has 81 heavy (non-hydrogen) atoms. The number of hydrogen-bond acceptors (Lipinski definition) is 6. The van der Waals surface area contributed by atoms with Gasteiger partial charge in [0.1, 0.15) is 13.2 Å². The largest absolute Gasteiger partial charge is 0.462 e. The summed E-state index contributed by atoms with van der Waals surface area (Å²) in [6, 6.07) is 0. The molecule has 0 spiro atoms. The lowest BCUT2D eigenvalue weighted by Gasteiger charge is -2.18. The second-order valence-electron chi connectivity index (χ2n) is 19.8. The number of esters is 3. The molecule has 0 bridgehead atoms. The summed E-state index contributed by atoms with van der Waals surface area (Å²) in [4.78, 5) is 38.3. The number of rotatable bonds is 54. The van der Waals surface area contributed by atoms with Crippen LogP contribution in [0.4, 0.5) is 0 Å². The first-order valence-corrected chi connectivity index (χ1v) is 31.6. The molecule has 0 aromatic heterocycles. The van der Waals surface area contributed by atoms with Crippen molar-refractivity contribution in [2.24, 2.45) is 0 Å². The Labute approximate surface area is 496 Å². The van der Waals surface area contributed by atoms with Crippen LogP contribution in [0.3, 0.4) is 0 Å². The van der Waals surface area contributed by atoms with E-state index in [0.717, 1.165) is 135 Å².